The first-order valence-electron chi connectivity index (χ1n) is 15.7. The van der Waals surface area contributed by atoms with E-state index in [1.54, 1.807) is 0 Å². The summed E-state index contributed by atoms with van der Waals surface area (Å²) in [5, 5.41) is 5.16. The van der Waals surface area contributed by atoms with Gasteiger partial charge in [-0.15, -0.1) is 11.3 Å². The molecule has 9 rings (SSSR count). The number of anilines is 2. The average Bonchev–Trinajstić information content (AvgIpc) is 3.67. The molecule has 0 N–H and O–H groups in total. The van der Waals surface area contributed by atoms with E-state index in [9.17, 15) is 0 Å². The van der Waals surface area contributed by atoms with Crippen LogP contribution in [-0.2, 0) is 0 Å². The number of rotatable bonds is 5. The number of thiophene rings is 1. The SMILES string of the molecule is CN(c1ccccc1)c1ccc(-c2ccc3c(c2)c2ccccc2n3-c2cccc3c2sc2ccccc23)cc1-c1ccccc1. The molecule has 7 aromatic carbocycles. The molecule has 9 aromatic rings. The summed E-state index contributed by atoms with van der Waals surface area (Å²) in [6, 6.07) is 59.4. The maximum absolute atomic E-state index is 2.46. The normalized spacial score (nSPS) is 11.6. The monoisotopic (exact) mass is 606 g/mol. The molecular weight excluding hydrogens is 577 g/mol. The predicted octanol–water partition coefficient (Wildman–Crippen LogP) is 12.3. The van der Waals surface area contributed by atoms with Crippen LogP contribution in [0.25, 0.3) is 69.9 Å². The highest BCUT2D eigenvalue weighted by Crippen LogP contribution is 2.42. The number of para-hydroxylation sites is 2. The molecule has 0 amide bonds. The van der Waals surface area contributed by atoms with Gasteiger partial charge in [-0.25, -0.2) is 0 Å². The molecule has 0 unspecified atom stereocenters. The van der Waals surface area contributed by atoms with Crippen LogP contribution in [0.4, 0.5) is 11.4 Å². The van der Waals surface area contributed by atoms with E-state index >= 15 is 0 Å². The lowest BCUT2D eigenvalue weighted by Gasteiger charge is -2.24. The number of benzene rings is 7. The second-order valence-electron chi connectivity index (χ2n) is 11.8. The molecule has 0 saturated carbocycles. The summed E-state index contributed by atoms with van der Waals surface area (Å²) >= 11 is 1.88. The van der Waals surface area contributed by atoms with Crippen molar-refractivity contribution < 1.29 is 0 Å². The predicted molar refractivity (Wildman–Crippen MR) is 199 cm³/mol. The first-order chi connectivity index (χ1) is 22.7. The van der Waals surface area contributed by atoms with Crippen molar-refractivity contribution >= 4 is 64.7 Å². The van der Waals surface area contributed by atoms with Gasteiger partial charge in [0.2, 0.25) is 0 Å². The topological polar surface area (TPSA) is 8.17 Å². The van der Waals surface area contributed by atoms with Crippen LogP contribution in [0.15, 0.2) is 164 Å². The van der Waals surface area contributed by atoms with Crippen molar-refractivity contribution in [3.8, 4) is 27.9 Å². The van der Waals surface area contributed by atoms with Crippen LogP contribution in [0.5, 0.6) is 0 Å². The smallest absolute Gasteiger partial charge is 0.0640 e. The zero-order valence-corrected chi connectivity index (χ0v) is 26.2. The zero-order valence-electron chi connectivity index (χ0n) is 25.4. The van der Waals surface area contributed by atoms with Crippen molar-refractivity contribution in [1.82, 2.24) is 4.57 Å². The van der Waals surface area contributed by atoms with Gasteiger partial charge >= 0.3 is 0 Å². The Bertz CT molecular complexity index is 2540. The molecule has 0 bridgehead atoms. The van der Waals surface area contributed by atoms with E-state index < -0.39 is 0 Å². The summed E-state index contributed by atoms with van der Waals surface area (Å²) < 4.78 is 5.10. The third kappa shape index (κ3) is 4.24. The number of aromatic nitrogens is 1. The molecule has 0 radical (unpaired) electrons. The van der Waals surface area contributed by atoms with E-state index in [0.29, 0.717) is 0 Å². The molecule has 3 heteroatoms. The van der Waals surface area contributed by atoms with Gasteiger partial charge in [0.05, 0.1) is 21.4 Å². The summed E-state index contributed by atoms with van der Waals surface area (Å²) in [5.74, 6) is 0. The van der Waals surface area contributed by atoms with Gasteiger partial charge in [-0.3, -0.25) is 0 Å². The molecule has 0 aliphatic carbocycles. The van der Waals surface area contributed by atoms with Gasteiger partial charge in [-0.1, -0.05) is 109 Å². The van der Waals surface area contributed by atoms with Crippen LogP contribution in [0, 0.1) is 0 Å². The van der Waals surface area contributed by atoms with Gasteiger partial charge < -0.3 is 9.47 Å². The number of nitrogens with zero attached hydrogens (tertiary/aromatic N) is 2. The Morgan fingerprint density at radius 2 is 1.13 bits per heavy atom. The quantitative estimate of drug-likeness (QED) is 0.189. The van der Waals surface area contributed by atoms with E-state index in [-0.39, 0.29) is 0 Å². The summed E-state index contributed by atoms with van der Waals surface area (Å²) in [7, 11) is 2.15. The minimum absolute atomic E-state index is 1.16. The molecule has 2 heterocycles. The zero-order chi connectivity index (χ0) is 30.6. The van der Waals surface area contributed by atoms with Gasteiger partial charge in [0, 0.05) is 50.2 Å². The van der Waals surface area contributed by atoms with Crippen LogP contribution < -0.4 is 4.90 Å². The van der Waals surface area contributed by atoms with Gasteiger partial charge in [0.1, 0.15) is 0 Å². The highest BCUT2D eigenvalue weighted by molar-refractivity contribution is 7.26. The Balaban J connectivity index is 1.24. The van der Waals surface area contributed by atoms with Crippen LogP contribution in [0.1, 0.15) is 0 Å². The highest BCUT2D eigenvalue weighted by atomic mass is 32.1. The van der Waals surface area contributed by atoms with Gasteiger partial charge in [0.25, 0.3) is 0 Å². The van der Waals surface area contributed by atoms with Gasteiger partial charge in [-0.05, 0) is 71.3 Å². The lowest BCUT2D eigenvalue weighted by atomic mass is 9.96. The second kappa shape index (κ2) is 10.8. The Morgan fingerprint density at radius 3 is 1.98 bits per heavy atom. The van der Waals surface area contributed by atoms with Crippen molar-refractivity contribution in [2.45, 2.75) is 0 Å². The van der Waals surface area contributed by atoms with Crippen LogP contribution >= 0.6 is 11.3 Å². The van der Waals surface area contributed by atoms with E-state index in [0.717, 1.165) is 5.69 Å². The molecule has 46 heavy (non-hydrogen) atoms. The lowest BCUT2D eigenvalue weighted by molar-refractivity contribution is 1.20. The molecule has 0 fully saturated rings. The molecule has 2 nitrogen and oxygen atoms in total. The van der Waals surface area contributed by atoms with E-state index in [1.165, 1.54) is 75.6 Å². The Morgan fingerprint density at radius 1 is 0.478 bits per heavy atom. The molecule has 0 saturated heterocycles. The molecular formula is C43H30N2S. The van der Waals surface area contributed by atoms with Crippen LogP contribution in [0.2, 0.25) is 0 Å². The maximum atomic E-state index is 2.46. The van der Waals surface area contributed by atoms with Crippen molar-refractivity contribution in [3.63, 3.8) is 0 Å². The largest absolute Gasteiger partial charge is 0.344 e. The molecule has 0 atom stereocenters. The Labute approximate surface area is 272 Å². The summed E-state index contributed by atoms with van der Waals surface area (Å²) in [5.41, 5.74) is 10.8. The summed E-state index contributed by atoms with van der Waals surface area (Å²) in [6.45, 7) is 0. The molecule has 0 aliphatic heterocycles. The second-order valence-corrected chi connectivity index (χ2v) is 12.9. The average molecular weight is 607 g/mol. The third-order valence-electron chi connectivity index (χ3n) is 9.22. The standard InChI is InChI=1S/C43H30N2S/c1-44(32-15-6-3-7-16-32)38-25-23-30(27-36(38)29-13-4-2-5-14-29)31-24-26-40-37(28-31)33-17-8-10-20-39(33)45(40)41-21-12-19-35-34-18-9-11-22-42(34)46-43(35)41/h2-28H,1H3. The van der Waals surface area contributed by atoms with Gasteiger partial charge in [-0.2, -0.15) is 0 Å². The summed E-state index contributed by atoms with van der Waals surface area (Å²) in [6.07, 6.45) is 0. The maximum Gasteiger partial charge on any atom is 0.0640 e. The molecule has 2 aromatic heterocycles. The third-order valence-corrected chi connectivity index (χ3v) is 10.4. The van der Waals surface area contributed by atoms with Crippen molar-refractivity contribution in [1.29, 1.82) is 0 Å². The van der Waals surface area contributed by atoms with Crippen molar-refractivity contribution in [2.24, 2.45) is 0 Å². The molecule has 218 valence electrons. The van der Waals surface area contributed by atoms with E-state index in [1.807, 2.05) is 11.3 Å². The van der Waals surface area contributed by atoms with Gasteiger partial charge in [0.15, 0.2) is 0 Å². The van der Waals surface area contributed by atoms with Crippen molar-refractivity contribution in [2.75, 3.05) is 11.9 Å². The van der Waals surface area contributed by atoms with Crippen LogP contribution in [0.3, 0.4) is 0 Å². The molecule has 0 aliphatic rings. The first-order valence-corrected chi connectivity index (χ1v) is 16.5. The van der Waals surface area contributed by atoms with E-state index in [2.05, 4.69) is 180 Å². The number of hydrogen-bond acceptors (Lipinski definition) is 2. The first kappa shape index (κ1) is 26.7. The fraction of sp³-hybridized carbons (Fsp3) is 0.0233. The fourth-order valence-corrected chi connectivity index (χ4v) is 8.17. The number of fused-ring (bicyclic) bond motifs is 6. The molecule has 0 spiro atoms. The lowest BCUT2D eigenvalue weighted by Crippen LogP contribution is -2.10. The van der Waals surface area contributed by atoms with E-state index in [4.69, 9.17) is 0 Å². The summed E-state index contributed by atoms with van der Waals surface area (Å²) in [4.78, 5) is 2.28. The Hall–Kier alpha value is -5.64. The van der Waals surface area contributed by atoms with Crippen LogP contribution in [-0.4, -0.2) is 11.6 Å². The minimum Gasteiger partial charge on any atom is -0.344 e. The minimum atomic E-state index is 1.16. The van der Waals surface area contributed by atoms with Crippen molar-refractivity contribution in [3.05, 3.63) is 164 Å². The Kier molecular flexibility index (Phi) is 6.25. The fourth-order valence-electron chi connectivity index (χ4n) is 6.97. The highest BCUT2D eigenvalue weighted by Gasteiger charge is 2.18. The number of hydrogen-bond donors (Lipinski definition) is 0.